The summed E-state index contributed by atoms with van der Waals surface area (Å²) in [6.07, 6.45) is 36.5. The third kappa shape index (κ3) is 31.0. The van der Waals surface area contributed by atoms with E-state index in [4.69, 9.17) is 28.8 Å². The van der Waals surface area contributed by atoms with Gasteiger partial charge < -0.3 is 43.9 Å². The second kappa shape index (κ2) is 47.2. The zero-order chi connectivity index (χ0) is 62.0. The molecule has 5 fully saturated rings. The normalized spacial score (nSPS) is 25.8. The number of aliphatic hydroxyl groups is 3. The number of amides is 1. The molecular formula is C69H127NO13. The van der Waals surface area contributed by atoms with Crippen LogP contribution in [0.1, 0.15) is 281 Å². The summed E-state index contributed by atoms with van der Waals surface area (Å²) >= 11 is 0. The molecule has 4 saturated carbocycles. The summed E-state index contributed by atoms with van der Waals surface area (Å²) in [5, 5.41) is 28.8. The number of Topliss-reactive ketones (excluding diaryl/α,β-unsaturated/α-hetero) is 1. The average molecular weight is 1180 g/mol. The largest absolute Gasteiger partial charge is 0.469 e. The van der Waals surface area contributed by atoms with Crippen LogP contribution >= 0.6 is 0 Å². The minimum atomic E-state index is -0.508. The van der Waals surface area contributed by atoms with Gasteiger partial charge in [0.1, 0.15) is 18.5 Å². The van der Waals surface area contributed by atoms with E-state index in [9.17, 15) is 34.2 Å². The topological polar surface area (TPSA) is 195 Å². The summed E-state index contributed by atoms with van der Waals surface area (Å²) in [6.45, 7) is 21.2. The van der Waals surface area contributed by atoms with Gasteiger partial charge in [-0.15, -0.1) is 0 Å². The summed E-state index contributed by atoms with van der Waals surface area (Å²) in [6, 6.07) is 0. The molecule has 0 aromatic carbocycles. The first-order valence-corrected chi connectivity index (χ1v) is 33.9. The predicted molar refractivity (Wildman–Crippen MR) is 334 cm³/mol. The summed E-state index contributed by atoms with van der Waals surface area (Å²) in [7, 11) is 4.86. The Bertz CT molecular complexity index is 1730. The molecule has 11 unspecified atom stereocenters. The van der Waals surface area contributed by atoms with Gasteiger partial charge >= 0.3 is 17.9 Å². The van der Waals surface area contributed by atoms with Crippen molar-refractivity contribution in [1.29, 1.82) is 0 Å². The van der Waals surface area contributed by atoms with Crippen molar-refractivity contribution in [2.75, 3.05) is 47.6 Å². The highest BCUT2D eigenvalue weighted by Gasteiger charge is 2.49. The minimum absolute atomic E-state index is 0.00787. The van der Waals surface area contributed by atoms with Crippen LogP contribution in [0, 0.1) is 47.3 Å². The fourth-order valence-corrected chi connectivity index (χ4v) is 13.6. The van der Waals surface area contributed by atoms with E-state index in [1.54, 1.807) is 14.2 Å². The van der Waals surface area contributed by atoms with Crippen LogP contribution < -0.4 is 0 Å². The summed E-state index contributed by atoms with van der Waals surface area (Å²) in [5.74, 6) is 2.55. The maximum atomic E-state index is 12.2. The molecule has 5 rings (SSSR count). The highest BCUT2D eigenvalue weighted by molar-refractivity contribution is 5.85. The molecule has 0 spiro atoms. The molecule has 4 aliphatic carbocycles. The van der Waals surface area contributed by atoms with E-state index in [0.29, 0.717) is 74.1 Å². The molecule has 0 bridgehead atoms. The number of esters is 3. The van der Waals surface area contributed by atoms with Crippen molar-refractivity contribution in [1.82, 2.24) is 4.90 Å². The molecule has 486 valence electrons. The van der Waals surface area contributed by atoms with Gasteiger partial charge in [-0.3, -0.25) is 24.0 Å². The molecular weight excluding hydrogens is 1050 g/mol. The van der Waals surface area contributed by atoms with Gasteiger partial charge in [-0.1, -0.05) is 130 Å². The molecule has 1 aliphatic heterocycles. The smallest absolute Gasteiger partial charge is 0.306 e. The maximum absolute atomic E-state index is 12.2. The summed E-state index contributed by atoms with van der Waals surface area (Å²) in [5.41, 5.74) is 1.16. The fourth-order valence-electron chi connectivity index (χ4n) is 13.6. The van der Waals surface area contributed by atoms with Crippen LogP contribution in [0.3, 0.4) is 0 Å². The van der Waals surface area contributed by atoms with Crippen LogP contribution in [0.15, 0.2) is 11.6 Å². The Hall–Kier alpha value is -2.91. The van der Waals surface area contributed by atoms with Gasteiger partial charge in [-0.05, 0) is 159 Å². The third-order valence-corrected chi connectivity index (χ3v) is 18.8. The number of unbranched alkanes of at least 4 members (excludes halogenated alkanes) is 10. The van der Waals surface area contributed by atoms with Gasteiger partial charge in [0.25, 0.3) is 0 Å². The van der Waals surface area contributed by atoms with Crippen molar-refractivity contribution in [2.24, 2.45) is 47.3 Å². The second-order valence-electron chi connectivity index (χ2n) is 25.0. The Morgan fingerprint density at radius 1 is 0.578 bits per heavy atom. The van der Waals surface area contributed by atoms with E-state index in [0.717, 1.165) is 128 Å². The molecule has 0 aromatic heterocycles. The van der Waals surface area contributed by atoms with Crippen molar-refractivity contribution >= 4 is 29.6 Å². The van der Waals surface area contributed by atoms with Gasteiger partial charge in [0.15, 0.2) is 5.79 Å². The standard InChI is InChI=1S/C17H30O3.C16H29NO2.C15H28O4.C12H24O2.C9H16O2/c1-4-5-6-7-15-14(8-9-16(15)18)12-17(19)20-11-10-13(2)3;1-4-7-8-9-14-13(10-11-15(14)18)12-16(19)17(5-2)6-3;1-5-6-7-8-13-12(11-14(16)17-2)9-10-15(13,18-3)19-4;1-2-3-4-5-11-10(8-9-13)6-7-12(11)14;1-2-3-4-5-8-6-7-9(10)11-8/h10,14-16,18H,4-9,11-12H2,1-3H3;13-14H,4-12H2,1-3H3;12-13H,5-11H2,1-4H3;10-14H,2-9H2,1H3;8H,2-7H2,1H3. The SMILES string of the molecule is CCCCCC1C(=O)CCC1CC(=O)N(CC)CC.CCCCCC1C(CC(=O)OC)CCC1(OC)OC.CCCCCC1C(O)CCC1CC(=O)OCC=C(C)C.CCCCCC1C(O)CCC1CCO.CCCCCC1CCC(=O)O1. The predicted octanol–water partition coefficient (Wildman–Crippen LogP) is 15.0. The van der Waals surface area contributed by atoms with Crippen LogP contribution in [-0.4, -0.2) is 122 Å². The van der Waals surface area contributed by atoms with Crippen molar-refractivity contribution < 1.29 is 63.0 Å². The van der Waals surface area contributed by atoms with E-state index < -0.39 is 5.79 Å². The minimum Gasteiger partial charge on any atom is -0.469 e. The van der Waals surface area contributed by atoms with Crippen LogP contribution in [0.4, 0.5) is 0 Å². The number of ketones is 1. The summed E-state index contributed by atoms with van der Waals surface area (Å²) < 4.78 is 26.4. The van der Waals surface area contributed by atoms with E-state index in [2.05, 4.69) is 34.6 Å². The number of hydrogen-bond donors (Lipinski definition) is 3. The van der Waals surface area contributed by atoms with Crippen LogP contribution in [0.2, 0.25) is 0 Å². The zero-order valence-electron chi connectivity index (χ0n) is 55.2. The first kappa shape index (κ1) is 78.1. The molecule has 5 aliphatic rings. The van der Waals surface area contributed by atoms with Gasteiger partial charge in [-0.2, -0.15) is 0 Å². The Labute approximate surface area is 506 Å². The molecule has 1 amide bonds. The molecule has 3 N–H and O–H groups in total. The molecule has 83 heavy (non-hydrogen) atoms. The number of nitrogens with zero attached hydrogens (tertiary/aromatic N) is 1. The van der Waals surface area contributed by atoms with E-state index in [1.807, 2.05) is 38.7 Å². The lowest BCUT2D eigenvalue weighted by Gasteiger charge is -2.35. The molecule has 14 nitrogen and oxygen atoms in total. The Morgan fingerprint density at radius 2 is 1.10 bits per heavy atom. The lowest BCUT2D eigenvalue weighted by atomic mass is 9.85. The second-order valence-corrected chi connectivity index (χ2v) is 25.0. The van der Waals surface area contributed by atoms with Crippen LogP contribution in [-0.2, 0) is 47.7 Å². The first-order valence-electron chi connectivity index (χ1n) is 33.9. The number of carbonyl (C=O) groups is 5. The lowest BCUT2D eigenvalue weighted by molar-refractivity contribution is -0.233. The van der Waals surface area contributed by atoms with Crippen molar-refractivity contribution in [3.63, 3.8) is 0 Å². The Balaban J connectivity index is 0.000000526. The van der Waals surface area contributed by atoms with Crippen molar-refractivity contribution in [3.05, 3.63) is 11.6 Å². The van der Waals surface area contributed by atoms with Gasteiger partial charge in [0.2, 0.25) is 5.91 Å². The molecule has 14 heteroatoms. The van der Waals surface area contributed by atoms with E-state index >= 15 is 0 Å². The van der Waals surface area contributed by atoms with Gasteiger partial charge in [-0.25, -0.2) is 0 Å². The number of hydrogen-bond acceptors (Lipinski definition) is 13. The molecule has 1 saturated heterocycles. The van der Waals surface area contributed by atoms with E-state index in [1.165, 1.54) is 84.2 Å². The molecule has 1 heterocycles. The maximum Gasteiger partial charge on any atom is 0.306 e. The number of cyclic esters (lactones) is 1. The zero-order valence-corrected chi connectivity index (χ0v) is 55.2. The highest BCUT2D eigenvalue weighted by atomic mass is 16.7. The summed E-state index contributed by atoms with van der Waals surface area (Å²) in [4.78, 5) is 60.0. The number of carbonyl (C=O) groups excluding carboxylic acids is 5. The third-order valence-electron chi connectivity index (χ3n) is 18.8. The number of aliphatic hydroxyl groups excluding tert-OH is 3. The Kier molecular flexibility index (Phi) is 44.4. The van der Waals surface area contributed by atoms with E-state index in [-0.39, 0.29) is 66.5 Å². The van der Waals surface area contributed by atoms with Crippen molar-refractivity contribution in [2.45, 2.75) is 305 Å². The highest BCUT2D eigenvalue weighted by Crippen LogP contribution is 2.47. The number of allylic oxidation sites excluding steroid dienone is 1. The van der Waals surface area contributed by atoms with Crippen molar-refractivity contribution in [3.8, 4) is 0 Å². The average Bonchev–Trinajstić information content (AvgIpc) is 4.51. The van der Waals surface area contributed by atoms with Crippen LogP contribution in [0.5, 0.6) is 0 Å². The first-order chi connectivity index (χ1) is 39.9. The number of ether oxygens (including phenoxy) is 5. The van der Waals surface area contributed by atoms with Gasteiger partial charge in [0.05, 0.1) is 19.3 Å². The quantitative estimate of drug-likeness (QED) is 0.0181. The molecule has 0 radical (unpaired) electrons. The fraction of sp³-hybridized carbons (Fsp3) is 0.899. The number of rotatable bonds is 34. The molecule has 11 atom stereocenters. The lowest BCUT2D eigenvalue weighted by Crippen LogP contribution is -2.40. The number of methoxy groups -OCH3 is 3. The van der Waals surface area contributed by atoms with Crippen LogP contribution in [0.25, 0.3) is 0 Å². The molecule has 0 aromatic rings. The van der Waals surface area contributed by atoms with Gasteiger partial charge in [0, 0.05) is 84.3 Å². The Morgan fingerprint density at radius 3 is 1.59 bits per heavy atom. The monoisotopic (exact) mass is 1180 g/mol.